The van der Waals surface area contributed by atoms with E-state index in [1.807, 2.05) is 6.07 Å². The smallest absolute Gasteiger partial charge is 0.120 e. The quantitative estimate of drug-likeness (QED) is 0.739. The Morgan fingerprint density at radius 2 is 2.14 bits per heavy atom. The standard InChI is InChI=1S/C12H13BrO/c1-8-4-3-5-9-6-10(14-2)7-11(13)12(8)9/h4,6-7H,3,5H2,1-2H3. The molecule has 0 bridgehead atoms. The van der Waals surface area contributed by atoms with Crippen LogP contribution in [0.2, 0.25) is 0 Å². The Morgan fingerprint density at radius 3 is 2.86 bits per heavy atom. The van der Waals surface area contributed by atoms with E-state index in [2.05, 4.69) is 35.0 Å². The molecule has 74 valence electrons. The van der Waals surface area contributed by atoms with Crippen LogP contribution >= 0.6 is 15.9 Å². The van der Waals surface area contributed by atoms with Gasteiger partial charge in [0.1, 0.15) is 5.75 Å². The highest BCUT2D eigenvalue weighted by Crippen LogP contribution is 2.35. The maximum atomic E-state index is 5.25. The van der Waals surface area contributed by atoms with Crippen LogP contribution in [0.1, 0.15) is 24.5 Å². The van der Waals surface area contributed by atoms with Crippen LogP contribution in [0.25, 0.3) is 5.57 Å². The van der Waals surface area contributed by atoms with E-state index in [0.717, 1.165) is 23.1 Å². The molecule has 0 atom stereocenters. The van der Waals surface area contributed by atoms with E-state index in [1.165, 1.54) is 16.7 Å². The molecule has 0 fully saturated rings. The van der Waals surface area contributed by atoms with Crippen LogP contribution in [0.3, 0.4) is 0 Å². The van der Waals surface area contributed by atoms with Crippen molar-refractivity contribution in [2.24, 2.45) is 0 Å². The van der Waals surface area contributed by atoms with Gasteiger partial charge in [0.25, 0.3) is 0 Å². The fraction of sp³-hybridized carbons (Fsp3) is 0.333. The molecule has 14 heavy (non-hydrogen) atoms. The van der Waals surface area contributed by atoms with E-state index in [0.29, 0.717) is 0 Å². The third-order valence-corrected chi connectivity index (χ3v) is 3.27. The number of rotatable bonds is 1. The van der Waals surface area contributed by atoms with Crippen molar-refractivity contribution in [3.05, 3.63) is 33.8 Å². The SMILES string of the molecule is COc1cc(Br)c2c(c1)CCC=C2C. The van der Waals surface area contributed by atoms with Crippen LogP contribution in [0.15, 0.2) is 22.7 Å². The summed E-state index contributed by atoms with van der Waals surface area (Å²) >= 11 is 3.59. The Kier molecular flexibility index (Phi) is 2.64. The summed E-state index contributed by atoms with van der Waals surface area (Å²) in [5.74, 6) is 0.935. The lowest BCUT2D eigenvalue weighted by molar-refractivity contribution is 0.414. The second-order valence-corrected chi connectivity index (χ2v) is 4.42. The summed E-state index contributed by atoms with van der Waals surface area (Å²) in [4.78, 5) is 0. The lowest BCUT2D eigenvalue weighted by Crippen LogP contribution is -2.00. The third-order valence-electron chi connectivity index (χ3n) is 2.64. The highest BCUT2D eigenvalue weighted by molar-refractivity contribution is 9.10. The van der Waals surface area contributed by atoms with Gasteiger partial charge in [-0.3, -0.25) is 0 Å². The zero-order chi connectivity index (χ0) is 10.1. The Bertz CT molecular complexity index is 394. The highest BCUT2D eigenvalue weighted by atomic mass is 79.9. The first-order chi connectivity index (χ1) is 6.72. The summed E-state index contributed by atoms with van der Waals surface area (Å²) in [5, 5.41) is 0. The Labute approximate surface area is 92.9 Å². The molecule has 1 aliphatic carbocycles. The molecular formula is C12H13BrO. The van der Waals surface area contributed by atoms with Gasteiger partial charge in [-0.2, -0.15) is 0 Å². The summed E-state index contributed by atoms with van der Waals surface area (Å²) < 4.78 is 6.39. The van der Waals surface area contributed by atoms with Crippen molar-refractivity contribution in [1.82, 2.24) is 0 Å². The van der Waals surface area contributed by atoms with Gasteiger partial charge in [0.2, 0.25) is 0 Å². The van der Waals surface area contributed by atoms with E-state index in [-0.39, 0.29) is 0 Å². The predicted molar refractivity (Wildman–Crippen MR) is 62.7 cm³/mol. The molecule has 0 saturated carbocycles. The van der Waals surface area contributed by atoms with Crippen molar-refractivity contribution in [2.45, 2.75) is 19.8 Å². The van der Waals surface area contributed by atoms with Gasteiger partial charge in [-0.15, -0.1) is 0 Å². The van der Waals surface area contributed by atoms with Crippen molar-refractivity contribution in [3.8, 4) is 5.75 Å². The first kappa shape index (κ1) is 9.78. The van der Waals surface area contributed by atoms with Crippen LogP contribution in [0.5, 0.6) is 5.75 Å². The molecule has 1 aromatic carbocycles. The van der Waals surface area contributed by atoms with Gasteiger partial charge in [0.05, 0.1) is 7.11 Å². The van der Waals surface area contributed by atoms with Gasteiger partial charge in [-0.25, -0.2) is 0 Å². The van der Waals surface area contributed by atoms with Crippen LogP contribution in [-0.4, -0.2) is 7.11 Å². The lowest BCUT2D eigenvalue weighted by Gasteiger charge is -2.17. The van der Waals surface area contributed by atoms with Crippen molar-refractivity contribution in [2.75, 3.05) is 7.11 Å². The number of hydrogen-bond acceptors (Lipinski definition) is 1. The summed E-state index contributed by atoms with van der Waals surface area (Å²) in [7, 11) is 1.71. The van der Waals surface area contributed by atoms with Gasteiger partial charge in [-0.05, 0) is 48.6 Å². The molecule has 0 saturated heterocycles. The van der Waals surface area contributed by atoms with Crippen LogP contribution in [-0.2, 0) is 6.42 Å². The van der Waals surface area contributed by atoms with Gasteiger partial charge in [-0.1, -0.05) is 22.0 Å². The third kappa shape index (κ3) is 1.59. The fourth-order valence-electron chi connectivity index (χ4n) is 1.94. The first-order valence-electron chi connectivity index (χ1n) is 4.76. The minimum atomic E-state index is 0.935. The Morgan fingerprint density at radius 1 is 1.36 bits per heavy atom. The zero-order valence-corrected chi connectivity index (χ0v) is 10.0. The van der Waals surface area contributed by atoms with E-state index in [1.54, 1.807) is 7.11 Å². The second-order valence-electron chi connectivity index (χ2n) is 3.57. The zero-order valence-electron chi connectivity index (χ0n) is 8.43. The monoisotopic (exact) mass is 252 g/mol. The molecule has 0 unspecified atom stereocenters. The van der Waals surface area contributed by atoms with E-state index in [9.17, 15) is 0 Å². The molecule has 1 nitrogen and oxygen atoms in total. The van der Waals surface area contributed by atoms with Gasteiger partial charge in [0, 0.05) is 4.47 Å². The maximum Gasteiger partial charge on any atom is 0.120 e. The van der Waals surface area contributed by atoms with Crippen molar-refractivity contribution < 1.29 is 4.74 Å². The van der Waals surface area contributed by atoms with Crippen molar-refractivity contribution in [1.29, 1.82) is 0 Å². The minimum Gasteiger partial charge on any atom is -0.497 e. The molecule has 1 aromatic rings. The molecule has 0 spiro atoms. The number of allylic oxidation sites excluding steroid dienone is 2. The molecule has 2 rings (SSSR count). The molecule has 0 amide bonds. The van der Waals surface area contributed by atoms with Crippen LogP contribution in [0.4, 0.5) is 0 Å². The molecule has 0 heterocycles. The number of hydrogen-bond donors (Lipinski definition) is 0. The summed E-state index contributed by atoms with van der Waals surface area (Å²) in [5.41, 5.74) is 4.09. The molecule has 0 N–H and O–H groups in total. The maximum absolute atomic E-state index is 5.25. The molecule has 2 heteroatoms. The summed E-state index contributed by atoms with van der Waals surface area (Å²) in [6, 6.07) is 4.16. The number of ether oxygens (including phenoxy) is 1. The number of fused-ring (bicyclic) bond motifs is 1. The highest BCUT2D eigenvalue weighted by Gasteiger charge is 2.14. The van der Waals surface area contributed by atoms with E-state index < -0.39 is 0 Å². The number of benzene rings is 1. The number of aryl methyl sites for hydroxylation is 1. The average Bonchev–Trinajstić information content (AvgIpc) is 2.17. The summed E-state index contributed by atoms with van der Waals surface area (Å²) in [6.45, 7) is 2.16. The lowest BCUT2D eigenvalue weighted by atomic mass is 9.91. The summed E-state index contributed by atoms with van der Waals surface area (Å²) in [6.07, 6.45) is 4.54. The molecule has 1 aliphatic rings. The number of methoxy groups -OCH3 is 1. The Balaban J connectivity index is 2.59. The van der Waals surface area contributed by atoms with Crippen LogP contribution < -0.4 is 4.74 Å². The van der Waals surface area contributed by atoms with Crippen molar-refractivity contribution in [3.63, 3.8) is 0 Å². The van der Waals surface area contributed by atoms with E-state index in [4.69, 9.17) is 4.74 Å². The minimum absolute atomic E-state index is 0.935. The van der Waals surface area contributed by atoms with Gasteiger partial charge >= 0.3 is 0 Å². The fourth-order valence-corrected chi connectivity index (χ4v) is 2.73. The van der Waals surface area contributed by atoms with Gasteiger partial charge < -0.3 is 4.74 Å². The largest absolute Gasteiger partial charge is 0.497 e. The predicted octanol–water partition coefficient (Wildman–Crippen LogP) is 3.81. The molecule has 0 radical (unpaired) electrons. The van der Waals surface area contributed by atoms with Gasteiger partial charge in [0.15, 0.2) is 0 Å². The topological polar surface area (TPSA) is 9.23 Å². The van der Waals surface area contributed by atoms with Crippen molar-refractivity contribution >= 4 is 21.5 Å². The molecular weight excluding hydrogens is 240 g/mol. The Hall–Kier alpha value is -0.760. The van der Waals surface area contributed by atoms with Crippen LogP contribution in [0, 0.1) is 0 Å². The average molecular weight is 253 g/mol. The molecule has 0 aromatic heterocycles. The first-order valence-corrected chi connectivity index (χ1v) is 5.55. The molecule has 0 aliphatic heterocycles. The number of halogens is 1. The van der Waals surface area contributed by atoms with E-state index >= 15 is 0 Å². The second kappa shape index (κ2) is 3.77. The normalized spacial score (nSPS) is 14.6.